The van der Waals surface area contributed by atoms with E-state index in [4.69, 9.17) is 5.26 Å². The van der Waals surface area contributed by atoms with Gasteiger partial charge in [-0.05, 0) is 12.1 Å². The van der Waals surface area contributed by atoms with Crippen LogP contribution >= 0.6 is 0 Å². The van der Waals surface area contributed by atoms with Crippen molar-refractivity contribution in [1.82, 2.24) is 9.97 Å². The third kappa shape index (κ3) is 1.68. The van der Waals surface area contributed by atoms with E-state index in [9.17, 15) is 9.18 Å². The molecule has 0 atom stereocenters. The Morgan fingerprint density at radius 3 is 2.75 bits per heavy atom. The monoisotopic (exact) mass is 215 g/mol. The van der Waals surface area contributed by atoms with Crippen molar-refractivity contribution in [2.75, 3.05) is 0 Å². The maximum absolute atomic E-state index is 13.4. The summed E-state index contributed by atoms with van der Waals surface area (Å²) in [6.45, 7) is 0. The summed E-state index contributed by atoms with van der Waals surface area (Å²) in [7, 11) is 0. The fourth-order valence-corrected chi connectivity index (χ4v) is 1.26. The predicted molar refractivity (Wildman–Crippen MR) is 55.0 cm³/mol. The average Bonchev–Trinajstić information content (AvgIpc) is 2.29. The minimum absolute atomic E-state index is 0.0971. The van der Waals surface area contributed by atoms with E-state index in [-0.39, 0.29) is 17.0 Å². The van der Waals surface area contributed by atoms with Gasteiger partial charge < -0.3 is 4.98 Å². The van der Waals surface area contributed by atoms with Crippen LogP contribution in [0.3, 0.4) is 0 Å². The standard InChI is InChI=1S/C11H6FN3O/c12-9-4-2-1-3-8(9)10-14-6-7(5-13)11(16)15-10/h1-4,6H,(H,14,15,16). The van der Waals surface area contributed by atoms with Gasteiger partial charge in [-0.3, -0.25) is 4.79 Å². The first-order valence-electron chi connectivity index (χ1n) is 4.46. The molecular formula is C11H6FN3O. The van der Waals surface area contributed by atoms with Gasteiger partial charge in [-0.2, -0.15) is 5.26 Å². The summed E-state index contributed by atoms with van der Waals surface area (Å²) in [5.74, 6) is -0.363. The van der Waals surface area contributed by atoms with Crippen molar-refractivity contribution < 1.29 is 4.39 Å². The van der Waals surface area contributed by atoms with Crippen LogP contribution in [0.25, 0.3) is 11.4 Å². The predicted octanol–water partition coefficient (Wildman–Crippen LogP) is 1.45. The van der Waals surface area contributed by atoms with Crippen LogP contribution < -0.4 is 5.56 Å². The third-order valence-corrected chi connectivity index (χ3v) is 2.05. The van der Waals surface area contributed by atoms with Crippen molar-refractivity contribution >= 4 is 0 Å². The summed E-state index contributed by atoms with van der Waals surface area (Å²) in [5, 5.41) is 8.55. The van der Waals surface area contributed by atoms with Gasteiger partial charge >= 0.3 is 0 Å². The van der Waals surface area contributed by atoms with Gasteiger partial charge in [0, 0.05) is 0 Å². The molecule has 1 N–H and O–H groups in total. The number of halogens is 1. The molecule has 1 aromatic heterocycles. The van der Waals surface area contributed by atoms with Crippen LogP contribution in [-0.2, 0) is 0 Å². The molecule has 4 nitrogen and oxygen atoms in total. The van der Waals surface area contributed by atoms with E-state index in [1.165, 1.54) is 12.1 Å². The molecule has 0 fully saturated rings. The molecule has 16 heavy (non-hydrogen) atoms. The molecule has 1 aromatic carbocycles. The summed E-state index contributed by atoms with van der Waals surface area (Å²) >= 11 is 0. The van der Waals surface area contributed by atoms with Gasteiger partial charge in [-0.15, -0.1) is 0 Å². The Bertz CT molecular complexity index is 628. The minimum Gasteiger partial charge on any atom is -0.305 e. The molecular weight excluding hydrogens is 209 g/mol. The Balaban J connectivity index is 2.60. The number of nitrogens with zero attached hydrogens (tertiary/aromatic N) is 2. The molecule has 0 saturated carbocycles. The van der Waals surface area contributed by atoms with Gasteiger partial charge in [0.2, 0.25) is 0 Å². The molecule has 0 aliphatic heterocycles. The molecule has 0 bridgehead atoms. The lowest BCUT2D eigenvalue weighted by molar-refractivity contribution is 0.630. The van der Waals surface area contributed by atoms with Crippen LogP contribution in [0.1, 0.15) is 5.56 Å². The number of nitriles is 1. The van der Waals surface area contributed by atoms with Gasteiger partial charge in [-0.1, -0.05) is 12.1 Å². The van der Waals surface area contributed by atoms with E-state index in [1.54, 1.807) is 18.2 Å². The highest BCUT2D eigenvalue weighted by atomic mass is 19.1. The second-order valence-electron chi connectivity index (χ2n) is 3.07. The van der Waals surface area contributed by atoms with Crippen LogP contribution in [0.2, 0.25) is 0 Å². The zero-order chi connectivity index (χ0) is 11.5. The van der Waals surface area contributed by atoms with Gasteiger partial charge in [0.15, 0.2) is 0 Å². The summed E-state index contributed by atoms with van der Waals surface area (Å²) in [5.41, 5.74) is -0.472. The Hall–Kier alpha value is -2.48. The second-order valence-corrected chi connectivity index (χ2v) is 3.07. The highest BCUT2D eigenvalue weighted by molar-refractivity contribution is 5.55. The molecule has 0 unspecified atom stereocenters. The highest BCUT2D eigenvalue weighted by Crippen LogP contribution is 2.16. The number of hydrogen-bond acceptors (Lipinski definition) is 3. The molecule has 5 heteroatoms. The number of hydrogen-bond donors (Lipinski definition) is 1. The van der Waals surface area contributed by atoms with E-state index in [0.717, 1.165) is 6.20 Å². The van der Waals surface area contributed by atoms with Crippen molar-refractivity contribution in [3.05, 3.63) is 52.2 Å². The molecule has 0 saturated heterocycles. The number of benzene rings is 1. The zero-order valence-electron chi connectivity index (χ0n) is 8.07. The largest absolute Gasteiger partial charge is 0.305 e. The summed E-state index contributed by atoms with van der Waals surface area (Å²) in [4.78, 5) is 17.5. The second kappa shape index (κ2) is 3.95. The van der Waals surface area contributed by atoms with Crippen LogP contribution in [0.4, 0.5) is 4.39 Å². The Labute approximate surface area is 90.0 Å². The lowest BCUT2D eigenvalue weighted by Gasteiger charge is -2.01. The number of aromatic nitrogens is 2. The lowest BCUT2D eigenvalue weighted by atomic mass is 10.2. The van der Waals surface area contributed by atoms with Crippen LogP contribution in [-0.4, -0.2) is 9.97 Å². The molecule has 0 aliphatic carbocycles. The molecule has 0 amide bonds. The van der Waals surface area contributed by atoms with Crippen molar-refractivity contribution in [2.24, 2.45) is 0 Å². The normalized spacial score (nSPS) is 9.75. The maximum atomic E-state index is 13.4. The fourth-order valence-electron chi connectivity index (χ4n) is 1.26. The minimum atomic E-state index is -0.573. The first-order valence-corrected chi connectivity index (χ1v) is 4.46. The number of H-pyrrole nitrogens is 1. The Morgan fingerprint density at radius 1 is 1.38 bits per heavy atom. The van der Waals surface area contributed by atoms with E-state index < -0.39 is 11.4 Å². The third-order valence-electron chi connectivity index (χ3n) is 2.05. The van der Waals surface area contributed by atoms with Gasteiger partial charge in [-0.25, -0.2) is 9.37 Å². The van der Waals surface area contributed by atoms with Crippen LogP contribution in [0.5, 0.6) is 0 Å². The number of aromatic amines is 1. The molecule has 0 spiro atoms. The van der Waals surface area contributed by atoms with Crippen molar-refractivity contribution in [3.63, 3.8) is 0 Å². The molecule has 1 heterocycles. The first kappa shape index (κ1) is 10.1. The maximum Gasteiger partial charge on any atom is 0.269 e. The molecule has 2 aromatic rings. The van der Waals surface area contributed by atoms with Gasteiger partial charge in [0.25, 0.3) is 5.56 Å². The molecule has 78 valence electrons. The van der Waals surface area contributed by atoms with E-state index in [1.807, 2.05) is 0 Å². The topological polar surface area (TPSA) is 69.5 Å². The highest BCUT2D eigenvalue weighted by Gasteiger charge is 2.07. The van der Waals surface area contributed by atoms with Crippen LogP contribution in [0.15, 0.2) is 35.3 Å². The zero-order valence-corrected chi connectivity index (χ0v) is 8.07. The SMILES string of the molecule is N#Cc1cnc(-c2ccccc2F)[nH]c1=O. The quantitative estimate of drug-likeness (QED) is 0.782. The molecule has 0 aliphatic rings. The number of rotatable bonds is 1. The van der Waals surface area contributed by atoms with Crippen molar-refractivity contribution in [3.8, 4) is 17.5 Å². The smallest absolute Gasteiger partial charge is 0.269 e. The summed E-state index contributed by atoms with van der Waals surface area (Å²) in [6.07, 6.45) is 1.13. The fraction of sp³-hybridized carbons (Fsp3) is 0. The molecule has 2 rings (SSSR count). The Morgan fingerprint density at radius 2 is 2.12 bits per heavy atom. The Kier molecular flexibility index (Phi) is 2.48. The van der Waals surface area contributed by atoms with E-state index in [2.05, 4.69) is 9.97 Å². The summed E-state index contributed by atoms with van der Waals surface area (Å²) < 4.78 is 13.4. The van der Waals surface area contributed by atoms with Gasteiger partial charge in [0.05, 0.1) is 11.8 Å². The van der Waals surface area contributed by atoms with Crippen molar-refractivity contribution in [1.29, 1.82) is 5.26 Å². The molecule has 0 radical (unpaired) electrons. The summed E-state index contributed by atoms with van der Waals surface area (Å²) in [6, 6.07) is 7.64. The average molecular weight is 215 g/mol. The van der Waals surface area contributed by atoms with E-state index >= 15 is 0 Å². The van der Waals surface area contributed by atoms with E-state index in [0.29, 0.717) is 0 Å². The first-order chi connectivity index (χ1) is 7.72. The van der Waals surface area contributed by atoms with Gasteiger partial charge in [0.1, 0.15) is 23.3 Å². The van der Waals surface area contributed by atoms with Crippen molar-refractivity contribution in [2.45, 2.75) is 0 Å². The lowest BCUT2D eigenvalue weighted by Crippen LogP contribution is -2.12. The number of nitrogens with one attached hydrogen (secondary N) is 1. The van der Waals surface area contributed by atoms with Crippen LogP contribution in [0, 0.1) is 17.1 Å².